The fourth-order valence-corrected chi connectivity index (χ4v) is 5.06. The van der Waals surface area contributed by atoms with Gasteiger partial charge in [-0.1, -0.05) is 0 Å². The molecule has 0 atom stereocenters. The normalized spacial score (nSPS) is 12.4. The molecule has 2 aromatic carbocycles. The molecule has 0 aliphatic rings. The van der Waals surface area contributed by atoms with Crippen LogP contribution in [0.15, 0.2) is 60.7 Å². The summed E-state index contributed by atoms with van der Waals surface area (Å²) in [4.78, 5) is 0. The SMILES string of the molecule is CC(C)(O)c1cc(-c2cccc(C(F)(F)F)c2)c(-c2ccccc2)[se]1. The number of alkyl halides is 3. The van der Waals surface area contributed by atoms with Crippen molar-refractivity contribution in [2.45, 2.75) is 25.6 Å². The van der Waals surface area contributed by atoms with E-state index < -0.39 is 17.3 Å². The first-order valence-corrected chi connectivity index (χ1v) is 9.47. The zero-order valence-electron chi connectivity index (χ0n) is 13.8. The van der Waals surface area contributed by atoms with Gasteiger partial charge in [-0.25, -0.2) is 0 Å². The maximum atomic E-state index is 13.1. The molecule has 0 saturated carbocycles. The van der Waals surface area contributed by atoms with Gasteiger partial charge in [0.1, 0.15) is 0 Å². The van der Waals surface area contributed by atoms with E-state index in [1.165, 1.54) is 12.1 Å². The van der Waals surface area contributed by atoms with E-state index in [1.54, 1.807) is 19.9 Å². The molecule has 3 aromatic rings. The van der Waals surface area contributed by atoms with E-state index in [1.807, 2.05) is 36.4 Å². The molecular weight excluding hydrogens is 392 g/mol. The molecule has 0 fully saturated rings. The summed E-state index contributed by atoms with van der Waals surface area (Å²) in [5.74, 6) is 0. The van der Waals surface area contributed by atoms with Crippen LogP contribution in [0, 0.1) is 0 Å². The number of rotatable bonds is 3. The van der Waals surface area contributed by atoms with Crippen LogP contribution in [-0.2, 0) is 11.8 Å². The van der Waals surface area contributed by atoms with E-state index in [0.29, 0.717) is 5.56 Å². The van der Waals surface area contributed by atoms with Crippen molar-refractivity contribution in [1.29, 1.82) is 0 Å². The quantitative estimate of drug-likeness (QED) is 0.581. The third-order valence-electron chi connectivity index (χ3n) is 3.87. The van der Waals surface area contributed by atoms with Crippen molar-refractivity contribution in [2.24, 2.45) is 0 Å². The molecule has 0 bridgehead atoms. The molecule has 0 aliphatic carbocycles. The van der Waals surface area contributed by atoms with Crippen molar-refractivity contribution in [1.82, 2.24) is 0 Å². The molecule has 130 valence electrons. The van der Waals surface area contributed by atoms with Gasteiger partial charge in [0.15, 0.2) is 0 Å². The molecule has 5 heteroatoms. The Labute approximate surface area is 150 Å². The average molecular weight is 409 g/mol. The Morgan fingerprint density at radius 1 is 0.840 bits per heavy atom. The Balaban J connectivity index is 2.20. The van der Waals surface area contributed by atoms with Gasteiger partial charge >= 0.3 is 150 Å². The number of halogens is 3. The topological polar surface area (TPSA) is 20.2 Å². The van der Waals surface area contributed by atoms with Crippen LogP contribution in [-0.4, -0.2) is 19.6 Å². The van der Waals surface area contributed by atoms with Gasteiger partial charge in [0.2, 0.25) is 0 Å². The second-order valence-electron chi connectivity index (χ2n) is 6.36. The second kappa shape index (κ2) is 6.49. The summed E-state index contributed by atoms with van der Waals surface area (Å²) >= 11 is -0.150. The molecule has 0 saturated heterocycles. The van der Waals surface area contributed by atoms with E-state index in [-0.39, 0.29) is 14.5 Å². The van der Waals surface area contributed by atoms with Crippen molar-refractivity contribution < 1.29 is 18.3 Å². The fraction of sp³-hybridized carbons (Fsp3) is 0.200. The van der Waals surface area contributed by atoms with Gasteiger partial charge in [-0.3, -0.25) is 0 Å². The van der Waals surface area contributed by atoms with Crippen LogP contribution in [0.1, 0.15) is 23.8 Å². The molecule has 0 spiro atoms. The average Bonchev–Trinajstić information content (AvgIpc) is 3.00. The van der Waals surface area contributed by atoms with Gasteiger partial charge in [0.05, 0.1) is 0 Å². The van der Waals surface area contributed by atoms with Crippen LogP contribution in [0.2, 0.25) is 0 Å². The van der Waals surface area contributed by atoms with Gasteiger partial charge in [-0.15, -0.1) is 0 Å². The zero-order chi connectivity index (χ0) is 18.2. The summed E-state index contributed by atoms with van der Waals surface area (Å²) in [7, 11) is 0. The van der Waals surface area contributed by atoms with Crippen LogP contribution in [0.3, 0.4) is 0 Å². The maximum absolute atomic E-state index is 13.1. The standard InChI is InChI=1S/C20H17F3OSe/c1-19(2,24)17-12-16(18(25-17)13-7-4-3-5-8-13)14-9-6-10-15(11-14)20(21,22)23/h3-12,24H,1-2H3. The predicted octanol–water partition coefficient (Wildman–Crippen LogP) is 5.32. The zero-order valence-corrected chi connectivity index (χ0v) is 15.5. The van der Waals surface area contributed by atoms with Gasteiger partial charge in [-0.05, 0) is 0 Å². The monoisotopic (exact) mass is 410 g/mol. The molecule has 25 heavy (non-hydrogen) atoms. The first-order chi connectivity index (χ1) is 11.7. The van der Waals surface area contributed by atoms with Crippen molar-refractivity contribution in [3.63, 3.8) is 0 Å². The fourth-order valence-electron chi connectivity index (χ4n) is 2.57. The summed E-state index contributed by atoms with van der Waals surface area (Å²) in [6, 6.07) is 16.8. The van der Waals surface area contributed by atoms with Crippen LogP contribution in [0.25, 0.3) is 21.1 Å². The predicted molar refractivity (Wildman–Crippen MR) is 94.5 cm³/mol. The number of benzene rings is 2. The van der Waals surface area contributed by atoms with E-state index in [2.05, 4.69) is 0 Å². The molecule has 0 aliphatic heterocycles. The first kappa shape index (κ1) is 18.0. The van der Waals surface area contributed by atoms with Gasteiger partial charge < -0.3 is 0 Å². The number of hydrogen-bond donors (Lipinski definition) is 1. The van der Waals surface area contributed by atoms with Crippen molar-refractivity contribution in [3.05, 3.63) is 70.7 Å². The van der Waals surface area contributed by atoms with E-state index in [4.69, 9.17) is 0 Å². The van der Waals surface area contributed by atoms with E-state index >= 15 is 0 Å². The number of hydrogen-bond acceptors (Lipinski definition) is 1. The molecule has 3 rings (SSSR count). The first-order valence-electron chi connectivity index (χ1n) is 7.76. The third kappa shape index (κ3) is 3.89. The Morgan fingerprint density at radius 3 is 2.08 bits per heavy atom. The summed E-state index contributed by atoms with van der Waals surface area (Å²) in [6.07, 6.45) is -4.38. The molecule has 1 nitrogen and oxygen atoms in total. The summed E-state index contributed by atoms with van der Waals surface area (Å²) < 4.78 is 41.1. The molecule has 0 unspecified atom stereocenters. The van der Waals surface area contributed by atoms with Gasteiger partial charge in [0, 0.05) is 0 Å². The Kier molecular flexibility index (Phi) is 4.67. The van der Waals surface area contributed by atoms with E-state index in [0.717, 1.165) is 26.1 Å². The Morgan fingerprint density at radius 2 is 1.48 bits per heavy atom. The molecule has 0 amide bonds. The van der Waals surface area contributed by atoms with Crippen LogP contribution >= 0.6 is 0 Å². The van der Waals surface area contributed by atoms with Crippen molar-refractivity contribution in [2.75, 3.05) is 0 Å². The second-order valence-corrected chi connectivity index (χ2v) is 8.56. The summed E-state index contributed by atoms with van der Waals surface area (Å²) in [5.41, 5.74) is 0.598. The minimum absolute atomic E-state index is 0.150. The van der Waals surface area contributed by atoms with Crippen LogP contribution in [0.5, 0.6) is 0 Å². The van der Waals surface area contributed by atoms with Crippen LogP contribution in [0.4, 0.5) is 13.2 Å². The molecular formula is C20H17F3OSe. The van der Waals surface area contributed by atoms with Crippen LogP contribution < -0.4 is 0 Å². The Bertz CT molecular complexity index is 874. The number of aliphatic hydroxyl groups is 1. The molecule has 1 N–H and O–H groups in total. The van der Waals surface area contributed by atoms with Gasteiger partial charge in [0.25, 0.3) is 0 Å². The molecule has 0 radical (unpaired) electrons. The Hall–Kier alpha value is -1.81. The summed E-state index contributed by atoms with van der Waals surface area (Å²) in [5, 5.41) is 10.4. The molecule has 1 aromatic heterocycles. The summed E-state index contributed by atoms with van der Waals surface area (Å²) in [6.45, 7) is 3.41. The van der Waals surface area contributed by atoms with Crippen molar-refractivity contribution in [3.8, 4) is 21.1 Å². The minimum atomic E-state index is -4.38. The van der Waals surface area contributed by atoms with Gasteiger partial charge in [-0.2, -0.15) is 0 Å². The molecule has 1 heterocycles. The van der Waals surface area contributed by atoms with E-state index in [9.17, 15) is 18.3 Å². The third-order valence-corrected chi connectivity index (χ3v) is 7.01. The van der Waals surface area contributed by atoms with Crippen molar-refractivity contribution >= 4 is 14.5 Å².